The van der Waals surface area contributed by atoms with Crippen LogP contribution in [0.15, 0.2) is 48.5 Å². The second-order valence-electron chi connectivity index (χ2n) is 11.3. The van der Waals surface area contributed by atoms with Crippen LogP contribution in [0.25, 0.3) is 0 Å². The molecular weight excluding hydrogens is 521 g/mol. The Labute approximate surface area is 241 Å². The maximum absolute atomic E-state index is 15.0. The molecule has 1 saturated heterocycles. The number of benzene rings is 2. The van der Waals surface area contributed by atoms with Crippen molar-refractivity contribution in [2.24, 2.45) is 23.3 Å². The van der Waals surface area contributed by atoms with Gasteiger partial charge in [-0.15, -0.1) is 0 Å². The number of carbonyl (C=O) groups excluding carboxylic acids is 2. The summed E-state index contributed by atoms with van der Waals surface area (Å²) in [4.78, 5) is 29.3. The van der Waals surface area contributed by atoms with Gasteiger partial charge in [0, 0.05) is 30.8 Å². The van der Waals surface area contributed by atoms with Crippen molar-refractivity contribution in [3.8, 4) is 0 Å². The number of nitrogens with zero attached hydrogens (tertiary/aromatic N) is 1. The van der Waals surface area contributed by atoms with Crippen molar-refractivity contribution in [3.05, 3.63) is 71.0 Å². The summed E-state index contributed by atoms with van der Waals surface area (Å²) in [5.74, 6) is -1.57. The number of amides is 2. The second kappa shape index (κ2) is 14.1. The maximum Gasteiger partial charge on any atom is 0.242 e. The van der Waals surface area contributed by atoms with Crippen LogP contribution in [0.2, 0.25) is 0 Å². The minimum absolute atomic E-state index is 0.0170. The molecule has 220 valence electrons. The van der Waals surface area contributed by atoms with Gasteiger partial charge in [-0.1, -0.05) is 61.7 Å². The first kappa shape index (κ1) is 30.0. The summed E-state index contributed by atoms with van der Waals surface area (Å²) in [5.41, 5.74) is 12.8. The highest BCUT2D eigenvalue weighted by atomic mass is 19.1. The lowest BCUT2D eigenvalue weighted by molar-refractivity contribution is -0.131. The highest BCUT2D eigenvalue weighted by Gasteiger charge is 2.34. The van der Waals surface area contributed by atoms with Gasteiger partial charge >= 0.3 is 0 Å². The molecule has 1 saturated carbocycles. The van der Waals surface area contributed by atoms with Crippen LogP contribution in [-0.4, -0.2) is 54.2 Å². The number of rotatable bonds is 10. The first-order chi connectivity index (χ1) is 19.7. The molecule has 1 heterocycles. The molecule has 2 fully saturated rings. The van der Waals surface area contributed by atoms with Crippen molar-refractivity contribution in [2.45, 2.75) is 63.3 Å². The van der Waals surface area contributed by atoms with E-state index in [2.05, 4.69) is 10.6 Å². The summed E-state index contributed by atoms with van der Waals surface area (Å²) < 4.78 is 15.0. The fourth-order valence-corrected chi connectivity index (χ4v) is 6.01. The van der Waals surface area contributed by atoms with Gasteiger partial charge in [-0.05, 0) is 55.6 Å². The van der Waals surface area contributed by atoms with E-state index in [1.807, 2.05) is 4.90 Å². The zero-order valence-electron chi connectivity index (χ0n) is 23.5. The standard InChI is InChI=1S/C31H42FN7O2/c32-26-9-5-4-8-24(26)25(18-20-10-12-23(13-11-20)28(33)34)29(40)38-27(22-6-2-1-3-7-22)30(41)37-19-21-14-16-39(17-15-21)31(35)36/h4-5,8-13,21-22,25,27H,1-3,6-7,14-19H2,(H3,33,34)(H3,35,36)(H,37,41)(H,38,40). The van der Waals surface area contributed by atoms with Crippen LogP contribution >= 0.6 is 0 Å². The Kier molecular flexibility index (Phi) is 10.3. The zero-order chi connectivity index (χ0) is 29.4. The van der Waals surface area contributed by atoms with Gasteiger partial charge in [-0.3, -0.25) is 20.4 Å². The van der Waals surface area contributed by atoms with E-state index >= 15 is 0 Å². The molecule has 2 aromatic rings. The summed E-state index contributed by atoms with van der Waals surface area (Å²) in [6.45, 7) is 1.88. The minimum atomic E-state index is -0.839. The molecule has 0 bridgehead atoms. The van der Waals surface area contributed by atoms with Crippen LogP contribution < -0.4 is 22.1 Å². The molecule has 4 rings (SSSR count). The predicted molar refractivity (Wildman–Crippen MR) is 158 cm³/mol. The topological polar surface area (TPSA) is 161 Å². The molecule has 9 nitrogen and oxygen atoms in total. The van der Waals surface area contributed by atoms with Gasteiger partial charge in [0.2, 0.25) is 11.8 Å². The van der Waals surface area contributed by atoms with Crippen LogP contribution in [0.4, 0.5) is 4.39 Å². The maximum atomic E-state index is 15.0. The van der Waals surface area contributed by atoms with E-state index in [9.17, 15) is 14.0 Å². The molecule has 41 heavy (non-hydrogen) atoms. The molecule has 2 aliphatic rings. The number of hydrogen-bond acceptors (Lipinski definition) is 4. The first-order valence-corrected chi connectivity index (χ1v) is 14.6. The molecule has 1 aliphatic carbocycles. The monoisotopic (exact) mass is 563 g/mol. The SMILES string of the molecule is N=C(N)c1ccc(CC(C(=O)NC(C(=O)NCC2CCN(C(=N)N)CC2)C2CCCCC2)c2ccccc2F)cc1. The van der Waals surface area contributed by atoms with Crippen molar-refractivity contribution in [2.75, 3.05) is 19.6 Å². The van der Waals surface area contributed by atoms with E-state index < -0.39 is 17.8 Å². The first-order valence-electron chi connectivity index (χ1n) is 14.6. The molecule has 2 aromatic carbocycles. The summed E-state index contributed by atoms with van der Waals surface area (Å²) in [6.07, 6.45) is 6.73. The van der Waals surface area contributed by atoms with Crippen LogP contribution in [0, 0.1) is 28.5 Å². The molecule has 10 heteroatoms. The third-order valence-corrected chi connectivity index (χ3v) is 8.52. The van der Waals surface area contributed by atoms with Gasteiger partial charge in [0.25, 0.3) is 0 Å². The van der Waals surface area contributed by atoms with Crippen molar-refractivity contribution in [3.63, 3.8) is 0 Å². The number of carbonyl (C=O) groups is 2. The second-order valence-corrected chi connectivity index (χ2v) is 11.3. The molecule has 0 aromatic heterocycles. The molecular formula is C31H42FN7O2. The predicted octanol–water partition coefficient (Wildman–Crippen LogP) is 3.22. The molecule has 2 amide bonds. The number of amidine groups is 1. The lowest BCUT2D eigenvalue weighted by Gasteiger charge is -2.34. The average molecular weight is 564 g/mol. The molecule has 1 aliphatic heterocycles. The Morgan fingerprint density at radius 3 is 2.20 bits per heavy atom. The van der Waals surface area contributed by atoms with Gasteiger partial charge in [0.1, 0.15) is 17.7 Å². The number of nitrogens with one attached hydrogen (secondary N) is 4. The zero-order valence-corrected chi connectivity index (χ0v) is 23.5. The van der Waals surface area contributed by atoms with Crippen LogP contribution in [0.3, 0.4) is 0 Å². The fourth-order valence-electron chi connectivity index (χ4n) is 6.01. The summed E-state index contributed by atoms with van der Waals surface area (Å²) in [6, 6.07) is 12.6. The smallest absolute Gasteiger partial charge is 0.242 e. The molecule has 2 atom stereocenters. The van der Waals surface area contributed by atoms with E-state index in [1.165, 1.54) is 6.07 Å². The lowest BCUT2D eigenvalue weighted by Crippen LogP contribution is -2.53. The van der Waals surface area contributed by atoms with Crippen molar-refractivity contribution < 1.29 is 14.0 Å². The molecule has 0 radical (unpaired) electrons. The third-order valence-electron chi connectivity index (χ3n) is 8.52. The Balaban J connectivity index is 1.50. The number of hydrogen-bond donors (Lipinski definition) is 6. The van der Waals surface area contributed by atoms with Gasteiger partial charge in [-0.25, -0.2) is 4.39 Å². The number of nitrogen functional groups attached to an aromatic ring is 1. The van der Waals surface area contributed by atoms with Crippen molar-refractivity contribution in [1.29, 1.82) is 10.8 Å². The van der Waals surface area contributed by atoms with Crippen molar-refractivity contribution in [1.82, 2.24) is 15.5 Å². The number of halogens is 1. The van der Waals surface area contributed by atoms with E-state index in [4.69, 9.17) is 22.3 Å². The van der Waals surface area contributed by atoms with Gasteiger partial charge in [0.15, 0.2) is 5.96 Å². The molecule has 0 spiro atoms. The Hall–Kier alpha value is -3.95. The van der Waals surface area contributed by atoms with E-state index in [0.717, 1.165) is 50.5 Å². The number of guanidine groups is 1. The van der Waals surface area contributed by atoms with E-state index in [0.29, 0.717) is 25.2 Å². The number of nitrogens with two attached hydrogens (primary N) is 2. The minimum Gasteiger partial charge on any atom is -0.384 e. The lowest BCUT2D eigenvalue weighted by atomic mass is 9.82. The summed E-state index contributed by atoms with van der Waals surface area (Å²) in [7, 11) is 0. The van der Waals surface area contributed by atoms with Crippen LogP contribution in [0.1, 0.15) is 67.6 Å². The van der Waals surface area contributed by atoms with Gasteiger partial charge < -0.3 is 27.0 Å². The molecule has 8 N–H and O–H groups in total. The van der Waals surface area contributed by atoms with Gasteiger partial charge in [0.05, 0.1) is 5.92 Å². The quantitative estimate of drug-likeness (QED) is 0.193. The van der Waals surface area contributed by atoms with E-state index in [-0.39, 0.29) is 47.4 Å². The number of likely N-dealkylation sites (tertiary alicyclic amines) is 1. The van der Waals surface area contributed by atoms with Crippen LogP contribution in [-0.2, 0) is 16.0 Å². The fraction of sp³-hybridized carbons (Fsp3) is 0.484. The normalized spacial score (nSPS) is 17.8. The summed E-state index contributed by atoms with van der Waals surface area (Å²) in [5, 5.41) is 21.4. The third kappa shape index (κ3) is 8.05. The number of piperidine rings is 1. The van der Waals surface area contributed by atoms with E-state index in [1.54, 1.807) is 42.5 Å². The highest BCUT2D eigenvalue weighted by molar-refractivity contribution is 5.95. The van der Waals surface area contributed by atoms with Crippen LogP contribution in [0.5, 0.6) is 0 Å². The highest BCUT2D eigenvalue weighted by Crippen LogP contribution is 2.29. The Morgan fingerprint density at radius 2 is 1.59 bits per heavy atom. The van der Waals surface area contributed by atoms with Gasteiger partial charge in [-0.2, -0.15) is 0 Å². The van der Waals surface area contributed by atoms with Crippen molar-refractivity contribution >= 4 is 23.6 Å². The summed E-state index contributed by atoms with van der Waals surface area (Å²) >= 11 is 0. The largest absolute Gasteiger partial charge is 0.384 e. The Bertz CT molecular complexity index is 1220. The Morgan fingerprint density at radius 1 is 0.927 bits per heavy atom. The average Bonchev–Trinajstić information content (AvgIpc) is 2.98. The molecule has 2 unspecified atom stereocenters.